The van der Waals surface area contributed by atoms with Crippen molar-refractivity contribution < 1.29 is 19.0 Å². The third-order valence-corrected chi connectivity index (χ3v) is 3.91. The number of hydrogen-bond donors (Lipinski definition) is 2. The average molecular weight is 455 g/mol. The molecule has 0 unspecified atom stereocenters. The number of carbonyl (C=O) groups excluding carboxylic acids is 1. The number of rotatable bonds is 12. The van der Waals surface area contributed by atoms with E-state index in [1.165, 1.54) is 0 Å². The Morgan fingerprint density at radius 2 is 1.84 bits per heavy atom. The van der Waals surface area contributed by atoms with Gasteiger partial charge in [-0.25, -0.2) is 4.98 Å². The zero-order chi connectivity index (χ0) is 23.5. The van der Waals surface area contributed by atoms with Crippen molar-refractivity contribution in [2.45, 2.75) is 65.9 Å². The SMILES string of the molecule is CCOC(C#Cc1cnc(Cl)nc1NC(C)(C)CNCC(=O)COC(C)(C)C)OCC. The second-order valence-electron chi connectivity index (χ2n) is 8.47. The number of nitrogens with one attached hydrogen (secondary N) is 2. The van der Waals surface area contributed by atoms with E-state index < -0.39 is 11.8 Å². The third kappa shape index (κ3) is 12.0. The first-order valence-electron chi connectivity index (χ1n) is 10.4. The predicted octanol–water partition coefficient (Wildman–Crippen LogP) is 3.04. The molecule has 2 N–H and O–H groups in total. The fraction of sp³-hybridized carbons (Fsp3) is 0.682. The molecular weight excluding hydrogens is 420 g/mol. The van der Waals surface area contributed by atoms with Gasteiger partial charge < -0.3 is 24.8 Å². The Hall–Kier alpha value is -1.76. The molecule has 0 aliphatic rings. The molecule has 0 aliphatic carbocycles. The van der Waals surface area contributed by atoms with Gasteiger partial charge in [-0.05, 0) is 66.0 Å². The lowest BCUT2D eigenvalue weighted by molar-refractivity contribution is -0.127. The molecule has 1 aromatic rings. The van der Waals surface area contributed by atoms with Crippen molar-refractivity contribution in [3.8, 4) is 11.8 Å². The highest BCUT2D eigenvalue weighted by Crippen LogP contribution is 2.18. The molecule has 0 spiro atoms. The normalized spacial score (nSPS) is 11.9. The first-order valence-corrected chi connectivity index (χ1v) is 10.8. The maximum absolute atomic E-state index is 12.0. The number of halogens is 1. The molecule has 0 aliphatic heterocycles. The molecule has 0 radical (unpaired) electrons. The number of aromatic nitrogens is 2. The second kappa shape index (κ2) is 12.9. The lowest BCUT2D eigenvalue weighted by atomic mass is 10.1. The fourth-order valence-electron chi connectivity index (χ4n) is 2.35. The molecular formula is C22H35ClN4O4. The van der Waals surface area contributed by atoms with Gasteiger partial charge in [0.1, 0.15) is 12.4 Å². The molecule has 8 nitrogen and oxygen atoms in total. The first-order chi connectivity index (χ1) is 14.5. The minimum atomic E-state index is -0.630. The molecule has 0 saturated carbocycles. The number of ketones is 1. The monoisotopic (exact) mass is 454 g/mol. The van der Waals surface area contributed by atoms with Crippen molar-refractivity contribution in [3.05, 3.63) is 17.0 Å². The van der Waals surface area contributed by atoms with Crippen LogP contribution >= 0.6 is 11.6 Å². The van der Waals surface area contributed by atoms with Gasteiger partial charge in [0.25, 0.3) is 0 Å². The van der Waals surface area contributed by atoms with E-state index in [0.717, 1.165) is 0 Å². The molecule has 9 heteroatoms. The predicted molar refractivity (Wildman–Crippen MR) is 122 cm³/mol. The van der Waals surface area contributed by atoms with Gasteiger partial charge >= 0.3 is 0 Å². The van der Waals surface area contributed by atoms with E-state index in [2.05, 4.69) is 32.4 Å². The highest BCUT2D eigenvalue weighted by Gasteiger charge is 2.21. The zero-order valence-electron chi connectivity index (χ0n) is 19.6. The fourth-order valence-corrected chi connectivity index (χ4v) is 2.48. The molecule has 1 aromatic heterocycles. The van der Waals surface area contributed by atoms with Crippen molar-refractivity contribution in [3.63, 3.8) is 0 Å². The zero-order valence-corrected chi connectivity index (χ0v) is 20.4. The van der Waals surface area contributed by atoms with E-state index in [1.807, 2.05) is 48.5 Å². The molecule has 0 fully saturated rings. The van der Waals surface area contributed by atoms with Gasteiger partial charge in [0, 0.05) is 31.5 Å². The Morgan fingerprint density at radius 1 is 1.19 bits per heavy atom. The molecule has 174 valence electrons. The molecule has 0 bridgehead atoms. The van der Waals surface area contributed by atoms with E-state index in [9.17, 15) is 4.79 Å². The summed E-state index contributed by atoms with van der Waals surface area (Å²) in [5.41, 5.74) is -0.223. The highest BCUT2D eigenvalue weighted by atomic mass is 35.5. The summed E-state index contributed by atoms with van der Waals surface area (Å²) in [6.45, 7) is 15.2. The summed E-state index contributed by atoms with van der Waals surface area (Å²) in [4.78, 5) is 20.3. The Balaban J connectivity index is 2.77. The van der Waals surface area contributed by atoms with Crippen molar-refractivity contribution >= 4 is 23.2 Å². The summed E-state index contributed by atoms with van der Waals surface area (Å²) in [6, 6.07) is 0. The van der Waals surface area contributed by atoms with Gasteiger partial charge in [-0.1, -0.05) is 5.92 Å². The van der Waals surface area contributed by atoms with Crippen LogP contribution in [0.1, 0.15) is 54.0 Å². The Bertz CT molecular complexity index is 763. The largest absolute Gasteiger partial charge is 0.368 e. The van der Waals surface area contributed by atoms with Crippen LogP contribution < -0.4 is 10.6 Å². The molecule has 1 rings (SSSR count). The maximum Gasteiger partial charge on any atom is 0.224 e. The van der Waals surface area contributed by atoms with Crippen LogP contribution in [0.2, 0.25) is 5.28 Å². The van der Waals surface area contributed by atoms with E-state index in [0.29, 0.717) is 31.1 Å². The average Bonchev–Trinajstić information content (AvgIpc) is 2.65. The summed E-state index contributed by atoms with van der Waals surface area (Å²) in [7, 11) is 0. The highest BCUT2D eigenvalue weighted by molar-refractivity contribution is 6.28. The summed E-state index contributed by atoms with van der Waals surface area (Å²) >= 11 is 5.99. The Morgan fingerprint density at radius 3 is 2.42 bits per heavy atom. The smallest absolute Gasteiger partial charge is 0.224 e. The van der Waals surface area contributed by atoms with Crippen LogP contribution in [-0.2, 0) is 19.0 Å². The summed E-state index contributed by atoms with van der Waals surface area (Å²) in [5, 5.41) is 6.58. The van der Waals surface area contributed by atoms with Crippen molar-refractivity contribution in [2.75, 3.05) is 38.2 Å². The van der Waals surface area contributed by atoms with Crippen LogP contribution in [0.25, 0.3) is 0 Å². The standard InChI is InChI=1S/C22H35ClN4O4/c1-8-29-18(30-9-2)11-10-16-12-25-20(23)26-19(16)27-22(6,7)15-24-13-17(28)14-31-21(3,4)5/h12,18,24H,8-9,13-15H2,1-7H3,(H,25,26,27). The van der Waals surface area contributed by atoms with Crippen molar-refractivity contribution in [1.82, 2.24) is 15.3 Å². The maximum atomic E-state index is 12.0. The summed E-state index contributed by atoms with van der Waals surface area (Å²) in [5.74, 6) is 6.42. The summed E-state index contributed by atoms with van der Waals surface area (Å²) in [6.07, 6.45) is 0.922. The number of ether oxygens (including phenoxy) is 3. The number of carbonyl (C=O) groups is 1. The first kappa shape index (κ1) is 27.3. The molecule has 1 heterocycles. The van der Waals surface area contributed by atoms with Gasteiger partial charge in [0.15, 0.2) is 5.78 Å². The van der Waals surface area contributed by atoms with Gasteiger partial charge in [-0.2, -0.15) is 4.98 Å². The molecule has 0 saturated heterocycles. The number of nitrogens with zero attached hydrogens (tertiary/aromatic N) is 2. The van der Waals surface area contributed by atoms with Gasteiger partial charge in [-0.3, -0.25) is 4.79 Å². The van der Waals surface area contributed by atoms with Crippen LogP contribution in [0.5, 0.6) is 0 Å². The summed E-state index contributed by atoms with van der Waals surface area (Å²) < 4.78 is 16.4. The molecule has 0 amide bonds. The Labute approximate surface area is 190 Å². The molecule has 31 heavy (non-hydrogen) atoms. The lowest BCUT2D eigenvalue weighted by Crippen LogP contribution is -2.44. The van der Waals surface area contributed by atoms with Crippen LogP contribution in [-0.4, -0.2) is 66.1 Å². The van der Waals surface area contributed by atoms with E-state index in [4.69, 9.17) is 25.8 Å². The van der Waals surface area contributed by atoms with Crippen molar-refractivity contribution in [2.24, 2.45) is 0 Å². The quantitative estimate of drug-likeness (QED) is 0.283. The van der Waals surface area contributed by atoms with Gasteiger partial charge in [0.05, 0.1) is 17.7 Å². The minimum Gasteiger partial charge on any atom is -0.368 e. The Kier molecular flexibility index (Phi) is 11.4. The van der Waals surface area contributed by atoms with Crippen LogP contribution in [0, 0.1) is 11.8 Å². The molecule has 0 atom stereocenters. The van der Waals surface area contributed by atoms with Crippen LogP contribution in [0.15, 0.2) is 6.20 Å². The van der Waals surface area contributed by atoms with E-state index in [-0.39, 0.29) is 29.8 Å². The number of hydrogen-bond acceptors (Lipinski definition) is 8. The molecule has 0 aromatic carbocycles. The van der Waals surface area contributed by atoms with Crippen molar-refractivity contribution in [1.29, 1.82) is 0 Å². The van der Waals surface area contributed by atoms with Gasteiger partial charge in [0.2, 0.25) is 11.6 Å². The number of Topliss-reactive ketones (excluding diaryl/α,β-unsaturated/α-hetero) is 1. The third-order valence-electron chi connectivity index (χ3n) is 3.73. The minimum absolute atomic E-state index is 0.0137. The van der Waals surface area contributed by atoms with Crippen LogP contribution in [0.3, 0.4) is 0 Å². The number of anilines is 1. The van der Waals surface area contributed by atoms with Crippen LogP contribution in [0.4, 0.5) is 5.82 Å². The van der Waals surface area contributed by atoms with E-state index in [1.54, 1.807) is 6.20 Å². The second-order valence-corrected chi connectivity index (χ2v) is 8.80. The van der Waals surface area contributed by atoms with Gasteiger partial charge in [-0.15, -0.1) is 0 Å². The topological polar surface area (TPSA) is 94.6 Å². The van der Waals surface area contributed by atoms with E-state index >= 15 is 0 Å². The lowest BCUT2D eigenvalue weighted by Gasteiger charge is -2.28.